The summed E-state index contributed by atoms with van der Waals surface area (Å²) in [4.78, 5) is 12.2. The van der Waals surface area contributed by atoms with E-state index in [1.54, 1.807) is 6.92 Å². The van der Waals surface area contributed by atoms with Gasteiger partial charge in [0, 0.05) is 6.07 Å². The number of aromatic nitrogens is 3. The predicted molar refractivity (Wildman–Crippen MR) is 80.4 cm³/mol. The Labute approximate surface area is 130 Å². The van der Waals surface area contributed by atoms with Crippen LogP contribution in [0.25, 0.3) is 5.69 Å². The van der Waals surface area contributed by atoms with Gasteiger partial charge in [-0.25, -0.2) is 13.5 Å². The van der Waals surface area contributed by atoms with Gasteiger partial charge in [0.1, 0.15) is 11.6 Å². The molecule has 5 nitrogen and oxygen atoms in total. The van der Waals surface area contributed by atoms with E-state index in [4.69, 9.17) is 0 Å². The molecule has 1 aromatic heterocycles. The molecule has 0 bridgehead atoms. The lowest BCUT2D eigenvalue weighted by atomic mass is 10.2. The second-order valence-corrected chi connectivity index (χ2v) is 4.85. The number of halogens is 2. The van der Waals surface area contributed by atoms with E-state index in [0.717, 1.165) is 17.8 Å². The number of hydrogen-bond acceptors (Lipinski definition) is 3. The molecule has 3 aromatic rings. The lowest BCUT2D eigenvalue weighted by molar-refractivity contribution is 0.102. The molecule has 0 aliphatic rings. The number of anilines is 1. The highest BCUT2D eigenvalue weighted by Crippen LogP contribution is 2.17. The van der Waals surface area contributed by atoms with Crippen LogP contribution in [0.5, 0.6) is 0 Å². The Morgan fingerprint density at radius 1 is 1.13 bits per heavy atom. The Hall–Kier alpha value is -3.09. The van der Waals surface area contributed by atoms with Crippen molar-refractivity contribution in [2.45, 2.75) is 6.92 Å². The highest BCUT2D eigenvalue weighted by Gasteiger charge is 2.18. The SMILES string of the molecule is Cc1c(C(=O)Nc2ccc(F)cc2F)nnn1-c1ccccc1. The third kappa shape index (κ3) is 2.94. The van der Waals surface area contributed by atoms with E-state index in [9.17, 15) is 13.6 Å². The molecule has 0 aliphatic carbocycles. The van der Waals surface area contributed by atoms with Gasteiger partial charge in [-0.3, -0.25) is 4.79 Å². The van der Waals surface area contributed by atoms with Crippen molar-refractivity contribution in [2.75, 3.05) is 5.32 Å². The van der Waals surface area contributed by atoms with Crippen LogP contribution >= 0.6 is 0 Å². The fourth-order valence-electron chi connectivity index (χ4n) is 2.13. The molecule has 7 heteroatoms. The normalized spacial score (nSPS) is 10.6. The van der Waals surface area contributed by atoms with Gasteiger partial charge in [0.05, 0.1) is 17.1 Å². The van der Waals surface area contributed by atoms with Crippen LogP contribution in [0.15, 0.2) is 48.5 Å². The molecule has 0 radical (unpaired) electrons. The van der Waals surface area contributed by atoms with Crippen molar-refractivity contribution in [1.82, 2.24) is 15.0 Å². The number of carbonyl (C=O) groups excluding carboxylic acids is 1. The van der Waals surface area contributed by atoms with Crippen molar-refractivity contribution >= 4 is 11.6 Å². The van der Waals surface area contributed by atoms with Gasteiger partial charge in [0.15, 0.2) is 5.69 Å². The maximum atomic E-state index is 13.6. The van der Waals surface area contributed by atoms with Crippen molar-refractivity contribution < 1.29 is 13.6 Å². The summed E-state index contributed by atoms with van der Waals surface area (Å²) < 4.78 is 28.0. The molecular weight excluding hydrogens is 302 g/mol. The van der Waals surface area contributed by atoms with E-state index in [0.29, 0.717) is 11.8 Å². The van der Waals surface area contributed by atoms with Gasteiger partial charge in [-0.1, -0.05) is 23.4 Å². The summed E-state index contributed by atoms with van der Waals surface area (Å²) in [6.45, 7) is 1.68. The molecule has 2 aromatic carbocycles. The fraction of sp³-hybridized carbons (Fsp3) is 0.0625. The van der Waals surface area contributed by atoms with Crippen LogP contribution in [-0.4, -0.2) is 20.9 Å². The van der Waals surface area contributed by atoms with Crippen molar-refractivity contribution in [3.05, 3.63) is 71.6 Å². The standard InChI is InChI=1S/C16H12F2N4O/c1-10-15(20-21-22(10)12-5-3-2-4-6-12)16(23)19-14-8-7-11(17)9-13(14)18/h2-9H,1H3,(H,19,23). The zero-order chi connectivity index (χ0) is 16.4. The summed E-state index contributed by atoms with van der Waals surface area (Å²) in [5.74, 6) is -2.19. The molecule has 0 unspecified atom stereocenters. The van der Waals surface area contributed by atoms with E-state index >= 15 is 0 Å². The fourth-order valence-corrected chi connectivity index (χ4v) is 2.13. The largest absolute Gasteiger partial charge is 0.318 e. The Kier molecular flexibility index (Phi) is 3.84. The molecule has 3 rings (SSSR count). The van der Waals surface area contributed by atoms with Gasteiger partial charge < -0.3 is 5.32 Å². The third-order valence-corrected chi connectivity index (χ3v) is 3.29. The Balaban J connectivity index is 1.88. The van der Waals surface area contributed by atoms with Gasteiger partial charge in [-0.05, 0) is 31.2 Å². The van der Waals surface area contributed by atoms with Crippen LogP contribution in [0.4, 0.5) is 14.5 Å². The number of carbonyl (C=O) groups is 1. The molecule has 0 atom stereocenters. The topological polar surface area (TPSA) is 59.8 Å². The second kappa shape index (κ2) is 5.96. The Morgan fingerprint density at radius 3 is 2.57 bits per heavy atom. The second-order valence-electron chi connectivity index (χ2n) is 4.85. The molecule has 0 saturated heterocycles. The van der Waals surface area contributed by atoms with Gasteiger partial charge in [0.25, 0.3) is 5.91 Å². The lowest BCUT2D eigenvalue weighted by Gasteiger charge is -2.06. The number of hydrogen-bond donors (Lipinski definition) is 1. The van der Waals surface area contributed by atoms with Gasteiger partial charge >= 0.3 is 0 Å². The van der Waals surface area contributed by atoms with E-state index < -0.39 is 17.5 Å². The van der Waals surface area contributed by atoms with Crippen LogP contribution in [0, 0.1) is 18.6 Å². The summed E-state index contributed by atoms with van der Waals surface area (Å²) in [6.07, 6.45) is 0. The molecule has 1 heterocycles. The molecule has 1 N–H and O–H groups in total. The third-order valence-electron chi connectivity index (χ3n) is 3.29. The zero-order valence-electron chi connectivity index (χ0n) is 12.1. The first-order chi connectivity index (χ1) is 11.1. The Bertz CT molecular complexity index is 862. The zero-order valence-corrected chi connectivity index (χ0v) is 12.1. The number of para-hydroxylation sites is 1. The first-order valence-electron chi connectivity index (χ1n) is 6.80. The van der Waals surface area contributed by atoms with Crippen LogP contribution in [0.3, 0.4) is 0 Å². The predicted octanol–water partition coefficient (Wildman–Crippen LogP) is 3.11. The first-order valence-corrected chi connectivity index (χ1v) is 6.80. The molecule has 0 saturated carbocycles. The minimum Gasteiger partial charge on any atom is -0.318 e. The highest BCUT2D eigenvalue weighted by molar-refractivity contribution is 6.03. The molecule has 0 fully saturated rings. The minimum atomic E-state index is -0.855. The smallest absolute Gasteiger partial charge is 0.278 e. The van der Waals surface area contributed by atoms with E-state index in [-0.39, 0.29) is 11.4 Å². The first kappa shape index (κ1) is 14.8. The van der Waals surface area contributed by atoms with Crippen LogP contribution < -0.4 is 5.32 Å². The molecule has 116 valence electrons. The number of rotatable bonds is 3. The van der Waals surface area contributed by atoms with E-state index in [2.05, 4.69) is 15.6 Å². The minimum absolute atomic E-state index is 0.0672. The maximum absolute atomic E-state index is 13.6. The van der Waals surface area contributed by atoms with Crippen LogP contribution in [0.1, 0.15) is 16.2 Å². The average Bonchev–Trinajstić information content (AvgIpc) is 2.92. The summed E-state index contributed by atoms with van der Waals surface area (Å²) in [6, 6.07) is 12.1. The van der Waals surface area contributed by atoms with Crippen molar-refractivity contribution in [2.24, 2.45) is 0 Å². The highest BCUT2D eigenvalue weighted by atomic mass is 19.1. The van der Waals surface area contributed by atoms with Gasteiger partial charge in [0.2, 0.25) is 0 Å². The average molecular weight is 314 g/mol. The number of amides is 1. The number of benzene rings is 2. The Morgan fingerprint density at radius 2 is 1.87 bits per heavy atom. The van der Waals surface area contributed by atoms with Crippen molar-refractivity contribution in [3.8, 4) is 5.69 Å². The molecule has 0 spiro atoms. The molecule has 23 heavy (non-hydrogen) atoms. The summed E-state index contributed by atoms with van der Waals surface area (Å²) in [7, 11) is 0. The van der Waals surface area contributed by atoms with Crippen molar-refractivity contribution in [1.29, 1.82) is 0 Å². The molecular formula is C16H12F2N4O. The van der Waals surface area contributed by atoms with Crippen molar-refractivity contribution in [3.63, 3.8) is 0 Å². The van der Waals surface area contributed by atoms with Gasteiger partial charge in [-0.2, -0.15) is 0 Å². The van der Waals surface area contributed by atoms with E-state index in [1.165, 1.54) is 4.68 Å². The monoisotopic (exact) mass is 314 g/mol. The van der Waals surface area contributed by atoms with Crippen LogP contribution in [-0.2, 0) is 0 Å². The summed E-state index contributed by atoms with van der Waals surface area (Å²) in [5, 5.41) is 10.1. The number of nitrogens with one attached hydrogen (secondary N) is 1. The summed E-state index contributed by atoms with van der Waals surface area (Å²) in [5.41, 5.74) is 1.21. The summed E-state index contributed by atoms with van der Waals surface area (Å²) >= 11 is 0. The molecule has 1 amide bonds. The maximum Gasteiger partial charge on any atom is 0.278 e. The van der Waals surface area contributed by atoms with E-state index in [1.807, 2.05) is 30.3 Å². The lowest BCUT2D eigenvalue weighted by Crippen LogP contribution is -2.15. The van der Waals surface area contributed by atoms with Gasteiger partial charge in [-0.15, -0.1) is 5.10 Å². The quantitative estimate of drug-likeness (QED) is 0.808. The number of nitrogens with zero attached hydrogens (tertiary/aromatic N) is 3. The van der Waals surface area contributed by atoms with Crippen LogP contribution in [0.2, 0.25) is 0 Å². The molecule has 0 aliphatic heterocycles.